The topological polar surface area (TPSA) is 140 Å². The summed E-state index contributed by atoms with van der Waals surface area (Å²) in [5.74, 6) is 1.84. The first-order valence-electron chi connectivity index (χ1n) is 14.4. The number of aliphatic hydroxyl groups excluding tert-OH is 2. The molecule has 5 aromatic rings. The van der Waals surface area contributed by atoms with E-state index >= 15 is 0 Å². The molecule has 0 unspecified atom stereocenters. The second kappa shape index (κ2) is 14.7. The number of aromatic nitrogens is 4. The first-order chi connectivity index (χ1) is 21.4. The van der Waals surface area contributed by atoms with Crippen molar-refractivity contribution in [1.29, 1.82) is 0 Å². The number of nitrogens with one attached hydrogen (secondary N) is 2. The molecule has 0 saturated carbocycles. The van der Waals surface area contributed by atoms with Gasteiger partial charge in [-0.2, -0.15) is 4.98 Å². The number of pyridine rings is 1. The van der Waals surface area contributed by atoms with Crippen molar-refractivity contribution in [1.82, 2.24) is 24.8 Å². The van der Waals surface area contributed by atoms with Crippen LogP contribution in [0.5, 0.6) is 0 Å². The Labute approximate surface area is 260 Å². The zero-order chi connectivity index (χ0) is 30.9. The minimum absolute atomic E-state index is 0.0963. The summed E-state index contributed by atoms with van der Waals surface area (Å²) in [6.45, 7) is 0.173. The second-order valence-corrected chi connectivity index (χ2v) is 11.4. The Kier molecular flexibility index (Phi) is 10.3. The van der Waals surface area contributed by atoms with E-state index in [1.807, 2.05) is 79.7 Å². The third kappa shape index (κ3) is 8.25. The Hall–Kier alpha value is -4.65. The number of amides is 1. The van der Waals surface area contributed by atoms with Gasteiger partial charge in [0.25, 0.3) is 0 Å². The van der Waals surface area contributed by atoms with Gasteiger partial charge in [0.1, 0.15) is 22.0 Å². The molecular weight excluding hydrogens is 576 g/mol. The Bertz CT molecular complexity index is 1670. The van der Waals surface area contributed by atoms with Crippen LogP contribution in [0.4, 0.5) is 28.4 Å². The molecule has 11 nitrogen and oxygen atoms in total. The van der Waals surface area contributed by atoms with E-state index in [1.165, 1.54) is 16.2 Å². The lowest BCUT2D eigenvalue weighted by Crippen LogP contribution is -2.35. The van der Waals surface area contributed by atoms with E-state index in [-0.39, 0.29) is 32.2 Å². The van der Waals surface area contributed by atoms with Crippen LogP contribution in [-0.4, -0.2) is 81.4 Å². The van der Waals surface area contributed by atoms with Crippen molar-refractivity contribution >= 4 is 56.0 Å². The molecule has 0 bridgehead atoms. The van der Waals surface area contributed by atoms with Crippen LogP contribution in [-0.2, 0) is 17.6 Å². The number of carbonyl (C=O) groups is 1. The number of aryl methyl sites for hydroxylation is 1. The number of thiazole rings is 1. The van der Waals surface area contributed by atoms with Crippen LogP contribution in [0.1, 0.15) is 23.2 Å². The SMILES string of the molecule is CN(C)c1ccc2nc(Nc3cc(Cc4ccccc4)nc(Nc4ccc(CCC(=O)N(CCO)CCO)cc4)n3)sc2n1. The summed E-state index contributed by atoms with van der Waals surface area (Å²) in [6.07, 6.45) is 1.48. The minimum atomic E-state index is -0.132. The quantitative estimate of drug-likeness (QED) is 0.143. The fourth-order valence-electron chi connectivity index (χ4n) is 4.63. The van der Waals surface area contributed by atoms with Gasteiger partial charge in [0.15, 0.2) is 5.13 Å². The molecule has 0 saturated heterocycles. The van der Waals surface area contributed by atoms with Crippen molar-refractivity contribution in [2.24, 2.45) is 0 Å². The highest BCUT2D eigenvalue weighted by Gasteiger charge is 2.14. The van der Waals surface area contributed by atoms with Gasteiger partial charge in [-0.05, 0) is 41.8 Å². The number of aliphatic hydroxyl groups is 2. The molecule has 0 aliphatic carbocycles. The lowest BCUT2D eigenvalue weighted by molar-refractivity contribution is -0.132. The molecule has 2 aromatic carbocycles. The van der Waals surface area contributed by atoms with Gasteiger partial charge in [-0.25, -0.2) is 15.0 Å². The summed E-state index contributed by atoms with van der Waals surface area (Å²) >= 11 is 1.47. The smallest absolute Gasteiger partial charge is 0.229 e. The summed E-state index contributed by atoms with van der Waals surface area (Å²) < 4.78 is 0. The van der Waals surface area contributed by atoms with Gasteiger partial charge in [0, 0.05) is 51.8 Å². The van der Waals surface area contributed by atoms with Gasteiger partial charge in [0.2, 0.25) is 11.9 Å². The van der Waals surface area contributed by atoms with E-state index in [1.54, 1.807) is 0 Å². The maximum atomic E-state index is 12.5. The Morgan fingerprint density at radius 2 is 1.59 bits per heavy atom. The average Bonchev–Trinajstić information content (AvgIpc) is 3.42. The molecule has 0 aliphatic rings. The Morgan fingerprint density at radius 3 is 2.30 bits per heavy atom. The molecule has 3 aromatic heterocycles. The highest BCUT2D eigenvalue weighted by molar-refractivity contribution is 7.21. The second-order valence-electron chi connectivity index (χ2n) is 10.4. The van der Waals surface area contributed by atoms with Crippen LogP contribution in [0, 0.1) is 0 Å². The van der Waals surface area contributed by atoms with Crippen LogP contribution in [0.2, 0.25) is 0 Å². The third-order valence-corrected chi connectivity index (χ3v) is 7.75. The van der Waals surface area contributed by atoms with Gasteiger partial charge >= 0.3 is 0 Å². The molecule has 3 heterocycles. The van der Waals surface area contributed by atoms with E-state index in [0.717, 1.165) is 38.7 Å². The molecule has 0 aliphatic heterocycles. The summed E-state index contributed by atoms with van der Waals surface area (Å²) in [6, 6.07) is 23.8. The van der Waals surface area contributed by atoms with Crippen molar-refractivity contribution in [3.63, 3.8) is 0 Å². The van der Waals surface area contributed by atoms with Crippen LogP contribution in [0.3, 0.4) is 0 Å². The van der Waals surface area contributed by atoms with Gasteiger partial charge in [-0.3, -0.25) is 4.79 Å². The van der Waals surface area contributed by atoms with E-state index < -0.39 is 0 Å². The largest absolute Gasteiger partial charge is 0.395 e. The summed E-state index contributed by atoms with van der Waals surface area (Å²) in [5, 5.41) is 25.7. The Morgan fingerprint density at radius 1 is 0.841 bits per heavy atom. The van der Waals surface area contributed by atoms with E-state index in [4.69, 9.17) is 19.9 Å². The average molecular weight is 613 g/mol. The number of anilines is 5. The van der Waals surface area contributed by atoms with Crippen molar-refractivity contribution in [3.8, 4) is 0 Å². The third-order valence-electron chi connectivity index (χ3n) is 6.87. The summed E-state index contributed by atoms with van der Waals surface area (Å²) in [7, 11) is 3.92. The summed E-state index contributed by atoms with van der Waals surface area (Å²) in [4.78, 5) is 35.7. The van der Waals surface area contributed by atoms with E-state index in [9.17, 15) is 15.0 Å². The molecule has 4 N–H and O–H groups in total. The van der Waals surface area contributed by atoms with Gasteiger partial charge in [-0.1, -0.05) is 53.8 Å². The molecule has 12 heteroatoms. The maximum Gasteiger partial charge on any atom is 0.229 e. The van der Waals surface area contributed by atoms with Crippen molar-refractivity contribution < 1.29 is 15.0 Å². The molecule has 0 fully saturated rings. The fourth-order valence-corrected chi connectivity index (χ4v) is 5.47. The minimum Gasteiger partial charge on any atom is -0.395 e. The lowest BCUT2D eigenvalue weighted by Gasteiger charge is -2.20. The van der Waals surface area contributed by atoms with Gasteiger partial charge < -0.3 is 30.6 Å². The molecular formula is C32H36N8O3S. The van der Waals surface area contributed by atoms with Gasteiger partial charge in [0.05, 0.1) is 18.9 Å². The molecule has 228 valence electrons. The predicted octanol–water partition coefficient (Wildman–Crippen LogP) is 4.37. The van der Waals surface area contributed by atoms with E-state index in [2.05, 4.69) is 22.8 Å². The first kappa shape index (κ1) is 30.8. The molecule has 0 radical (unpaired) electrons. The van der Waals surface area contributed by atoms with Gasteiger partial charge in [-0.15, -0.1) is 0 Å². The number of hydrogen-bond acceptors (Lipinski definition) is 11. The number of nitrogens with zero attached hydrogens (tertiary/aromatic N) is 6. The summed E-state index contributed by atoms with van der Waals surface area (Å²) in [5.41, 5.74) is 4.61. The first-order valence-corrected chi connectivity index (χ1v) is 15.2. The number of carbonyl (C=O) groups excluding carboxylic acids is 1. The zero-order valence-corrected chi connectivity index (χ0v) is 25.6. The van der Waals surface area contributed by atoms with E-state index in [0.29, 0.717) is 36.2 Å². The van der Waals surface area contributed by atoms with Crippen LogP contribution >= 0.6 is 11.3 Å². The predicted molar refractivity (Wildman–Crippen MR) is 175 cm³/mol. The van der Waals surface area contributed by atoms with Crippen molar-refractivity contribution in [2.75, 3.05) is 55.9 Å². The number of benzene rings is 2. The molecule has 44 heavy (non-hydrogen) atoms. The number of rotatable bonds is 14. The van der Waals surface area contributed by atoms with Crippen molar-refractivity contribution in [3.05, 3.63) is 89.6 Å². The van der Waals surface area contributed by atoms with Crippen LogP contribution < -0.4 is 15.5 Å². The highest BCUT2D eigenvalue weighted by Crippen LogP contribution is 2.29. The number of hydrogen-bond donors (Lipinski definition) is 4. The molecule has 1 amide bonds. The molecule has 5 rings (SSSR count). The monoisotopic (exact) mass is 612 g/mol. The molecule has 0 spiro atoms. The van der Waals surface area contributed by atoms with Crippen LogP contribution in [0.25, 0.3) is 10.3 Å². The standard InChI is InChI=1S/C32H36N8O3S/c1-39(2)28-14-13-26-30(38-28)44-32(35-26)37-27-21-25(20-23-6-4-3-5-7-23)34-31(36-27)33-24-11-8-22(9-12-24)10-15-29(43)40(16-18-41)17-19-42/h3-9,11-14,21,41-42H,10,15-20H2,1-2H3,(H2,33,34,35,36,37). The zero-order valence-electron chi connectivity index (χ0n) is 24.8. The maximum absolute atomic E-state index is 12.5. The molecule has 0 atom stereocenters. The van der Waals surface area contributed by atoms with Crippen LogP contribution in [0.15, 0.2) is 72.8 Å². The Balaban J connectivity index is 1.32. The normalized spacial score (nSPS) is 11.0. The lowest BCUT2D eigenvalue weighted by atomic mass is 10.1. The van der Waals surface area contributed by atoms with Crippen molar-refractivity contribution in [2.45, 2.75) is 19.3 Å². The fraction of sp³-hybridized carbons (Fsp3) is 0.281. The highest BCUT2D eigenvalue weighted by atomic mass is 32.1. The number of fused-ring (bicyclic) bond motifs is 1.